The van der Waals surface area contributed by atoms with E-state index in [1.165, 1.54) is 10.4 Å². The van der Waals surface area contributed by atoms with Crippen molar-refractivity contribution in [3.05, 3.63) is 85.2 Å². The minimum Gasteiger partial charge on any atom is -0.448 e. The Morgan fingerprint density at radius 3 is 1.65 bits per heavy atom. The fourth-order valence-corrected chi connectivity index (χ4v) is 7.70. The van der Waals surface area contributed by atoms with Gasteiger partial charge in [-0.1, -0.05) is 72.1 Å². The Morgan fingerprint density at radius 1 is 0.850 bits per heavy atom. The van der Waals surface area contributed by atoms with Crippen molar-refractivity contribution < 1.29 is 25.2 Å². The first-order chi connectivity index (χ1) is 9.33. The van der Waals surface area contributed by atoms with Crippen molar-refractivity contribution in [2.45, 2.75) is 0 Å². The first-order valence-corrected chi connectivity index (χ1v) is 9.71. The molecule has 0 aromatic heterocycles. The molecule has 1 nitrogen and oxygen atoms in total. The second kappa shape index (κ2) is 8.32. The van der Waals surface area contributed by atoms with E-state index >= 15 is 0 Å². The monoisotopic (exact) mass is 477 g/mol. The van der Waals surface area contributed by atoms with Crippen LogP contribution in [0.2, 0.25) is 0 Å². The van der Waals surface area contributed by atoms with Gasteiger partial charge in [0.25, 0.3) is 8.32 Å². The summed E-state index contributed by atoms with van der Waals surface area (Å²) in [5.74, 6) is 0. The summed E-state index contributed by atoms with van der Waals surface area (Å²) in [6, 6.07) is 20.8. The molecule has 0 saturated carbocycles. The van der Waals surface area contributed by atoms with Crippen LogP contribution in [-0.2, 0) is 25.2 Å². The van der Waals surface area contributed by atoms with Crippen LogP contribution in [0.1, 0.15) is 0 Å². The van der Waals surface area contributed by atoms with Crippen molar-refractivity contribution in [2.75, 3.05) is 0 Å². The molecule has 0 bridgehead atoms. The molecule has 2 aromatic rings. The van der Waals surface area contributed by atoms with Gasteiger partial charge in [-0.15, -0.1) is 13.2 Å². The average molecular weight is 478 g/mol. The van der Waals surface area contributed by atoms with Crippen molar-refractivity contribution in [3.8, 4) is 0 Å². The van der Waals surface area contributed by atoms with E-state index in [4.69, 9.17) is 4.12 Å². The molecule has 2 rings (SSSR count). The molecule has 0 amide bonds. The van der Waals surface area contributed by atoms with Crippen LogP contribution >= 0.6 is 0 Å². The van der Waals surface area contributed by atoms with Crippen LogP contribution in [0.4, 0.5) is 0 Å². The zero-order chi connectivity index (χ0) is 13.6. The molecule has 0 spiro atoms. The quantitative estimate of drug-likeness (QED) is 0.576. The Morgan fingerprint density at radius 2 is 1.30 bits per heavy atom. The van der Waals surface area contributed by atoms with Gasteiger partial charge < -0.3 is 4.12 Å². The van der Waals surface area contributed by atoms with Gasteiger partial charge in [-0.2, -0.15) is 0 Å². The molecule has 0 fully saturated rings. The molecule has 0 aliphatic carbocycles. The van der Waals surface area contributed by atoms with Crippen LogP contribution in [0.25, 0.3) is 0 Å². The van der Waals surface area contributed by atoms with Gasteiger partial charge in [0, 0.05) is 21.1 Å². The zero-order valence-electron chi connectivity index (χ0n) is 11.3. The Bertz CT molecular complexity index is 503. The number of hydrogen-bond acceptors (Lipinski definition) is 1. The van der Waals surface area contributed by atoms with E-state index in [1.54, 1.807) is 0 Å². The van der Waals surface area contributed by atoms with Gasteiger partial charge in [0.1, 0.15) is 0 Å². The summed E-state index contributed by atoms with van der Waals surface area (Å²) in [4.78, 5) is 0. The van der Waals surface area contributed by atoms with Gasteiger partial charge in [-0.05, 0) is 10.4 Å². The third-order valence-electron chi connectivity index (χ3n) is 3.12. The molecule has 0 unspecified atom stereocenters. The average Bonchev–Trinajstić information content (AvgIpc) is 2.51. The summed E-state index contributed by atoms with van der Waals surface area (Å²) in [6.07, 6.45) is 0. The Balaban J connectivity index is 0.00000200. The SMILES string of the molecule is C=C[SiH2]O[Si](C=C)(c1ccccc1)c1ccccc1.[Pt]. The third-order valence-corrected chi connectivity index (χ3v) is 8.80. The normalized spacial score (nSPS) is 11.0. The van der Waals surface area contributed by atoms with Crippen LogP contribution in [0, 0.1) is 0 Å². The molecule has 0 heterocycles. The van der Waals surface area contributed by atoms with Crippen molar-refractivity contribution in [3.63, 3.8) is 0 Å². The fraction of sp³-hybridized carbons (Fsp3) is 0. The standard InChI is InChI=1S/C16H18OSi2.Pt/c1-3-18-17-19(4-2,15-11-7-5-8-12-15)16-13-9-6-10-14-16;/h3-14H,1-2,18H2;. The van der Waals surface area contributed by atoms with Gasteiger partial charge in [0.15, 0.2) is 9.76 Å². The largest absolute Gasteiger partial charge is 0.448 e. The molecule has 0 radical (unpaired) electrons. The van der Waals surface area contributed by atoms with Crippen LogP contribution in [0.5, 0.6) is 0 Å². The van der Waals surface area contributed by atoms with E-state index in [2.05, 4.69) is 61.7 Å². The van der Waals surface area contributed by atoms with E-state index in [-0.39, 0.29) is 21.1 Å². The summed E-state index contributed by atoms with van der Waals surface area (Å²) >= 11 is 0. The number of hydrogen-bond donors (Lipinski definition) is 0. The summed E-state index contributed by atoms with van der Waals surface area (Å²) in [6.45, 7) is 7.87. The molecular weight excluding hydrogens is 459 g/mol. The van der Waals surface area contributed by atoms with Crippen molar-refractivity contribution in [1.82, 2.24) is 0 Å². The summed E-state index contributed by atoms with van der Waals surface area (Å²) in [7, 11) is -3.01. The van der Waals surface area contributed by atoms with Gasteiger partial charge in [-0.3, -0.25) is 0 Å². The molecule has 0 aliphatic heterocycles. The molecule has 0 N–H and O–H groups in total. The molecule has 0 saturated heterocycles. The maximum atomic E-state index is 6.34. The first-order valence-electron chi connectivity index (χ1n) is 6.33. The smallest absolute Gasteiger partial charge is 0.270 e. The maximum Gasteiger partial charge on any atom is 0.270 e. The van der Waals surface area contributed by atoms with Crippen molar-refractivity contribution in [1.29, 1.82) is 0 Å². The Labute approximate surface area is 138 Å². The van der Waals surface area contributed by atoms with Crippen molar-refractivity contribution >= 4 is 28.5 Å². The van der Waals surface area contributed by atoms with Gasteiger partial charge in [0.05, 0.1) is 0 Å². The third kappa shape index (κ3) is 3.55. The van der Waals surface area contributed by atoms with Gasteiger partial charge in [0.2, 0.25) is 0 Å². The summed E-state index contributed by atoms with van der Waals surface area (Å²) < 4.78 is 6.34. The Hall–Kier alpha value is -0.998. The minimum atomic E-state index is -2.29. The molecule has 0 aliphatic rings. The van der Waals surface area contributed by atoms with Crippen LogP contribution in [-0.4, -0.2) is 18.1 Å². The van der Waals surface area contributed by atoms with Crippen molar-refractivity contribution in [2.24, 2.45) is 0 Å². The molecular formula is C16H18OPtSi2. The summed E-state index contributed by atoms with van der Waals surface area (Å²) in [5, 5.41) is 2.48. The molecule has 106 valence electrons. The van der Waals surface area contributed by atoms with Gasteiger partial charge in [-0.25, -0.2) is 0 Å². The first kappa shape index (κ1) is 17.1. The second-order valence-corrected chi connectivity index (χ2v) is 9.37. The topological polar surface area (TPSA) is 9.23 Å². The van der Waals surface area contributed by atoms with Crippen LogP contribution < -0.4 is 10.4 Å². The molecule has 2 aromatic carbocycles. The minimum absolute atomic E-state index is 0. The van der Waals surface area contributed by atoms with E-state index in [0.29, 0.717) is 0 Å². The fourth-order valence-electron chi connectivity index (χ4n) is 2.19. The number of rotatable bonds is 6. The van der Waals surface area contributed by atoms with E-state index in [9.17, 15) is 0 Å². The predicted octanol–water partition coefficient (Wildman–Crippen LogP) is 1.71. The second-order valence-electron chi connectivity index (χ2n) is 4.27. The Kier molecular flexibility index (Phi) is 7.10. The molecule has 4 heteroatoms. The maximum absolute atomic E-state index is 6.34. The van der Waals surface area contributed by atoms with E-state index in [0.717, 1.165) is 0 Å². The van der Waals surface area contributed by atoms with Gasteiger partial charge >= 0.3 is 0 Å². The summed E-state index contributed by atoms with van der Waals surface area (Å²) in [5.41, 5.74) is 3.95. The van der Waals surface area contributed by atoms with E-state index < -0.39 is 18.1 Å². The van der Waals surface area contributed by atoms with Crippen LogP contribution in [0.15, 0.2) is 85.2 Å². The zero-order valence-corrected chi connectivity index (χ0v) is 16.0. The van der Waals surface area contributed by atoms with E-state index in [1.807, 2.05) is 23.5 Å². The molecule has 0 atom stereocenters. The number of benzene rings is 2. The predicted molar refractivity (Wildman–Crippen MR) is 87.9 cm³/mol. The molecule has 20 heavy (non-hydrogen) atoms. The van der Waals surface area contributed by atoms with Crippen LogP contribution in [0.3, 0.4) is 0 Å².